The summed E-state index contributed by atoms with van der Waals surface area (Å²) < 4.78 is 4.32. The molecule has 0 saturated carbocycles. The third kappa shape index (κ3) is 5.81. The van der Waals surface area contributed by atoms with Crippen LogP contribution in [0.4, 0.5) is 0 Å². The predicted octanol–water partition coefficient (Wildman–Crippen LogP) is 2.10. The van der Waals surface area contributed by atoms with Crippen LogP contribution in [0.25, 0.3) is 0 Å². The van der Waals surface area contributed by atoms with Crippen LogP contribution in [-0.4, -0.2) is 33.2 Å². The molecule has 0 atom stereocenters. The molecule has 0 radical (unpaired) electrons. The minimum absolute atomic E-state index is 0.582. The van der Waals surface area contributed by atoms with Crippen LogP contribution in [0.15, 0.2) is 41.9 Å². The number of rotatable bonds is 8. The van der Waals surface area contributed by atoms with Gasteiger partial charge in [-0.3, -0.25) is 0 Å². The van der Waals surface area contributed by atoms with E-state index in [1.807, 2.05) is 24.5 Å². The van der Waals surface area contributed by atoms with Crippen molar-refractivity contribution in [1.29, 1.82) is 0 Å². The van der Waals surface area contributed by atoms with Gasteiger partial charge in [-0.15, -0.1) is 0 Å². The van der Waals surface area contributed by atoms with Gasteiger partial charge in [0.05, 0.1) is 0 Å². The number of imidazole rings is 1. The largest absolute Gasteiger partial charge is 0.357 e. The average molecular weight is 316 g/mol. The zero-order valence-electron chi connectivity index (χ0n) is 14.4. The summed E-state index contributed by atoms with van der Waals surface area (Å²) in [5.74, 6) is 2.43. The molecule has 2 rings (SSSR count). The number of aliphatic imine (C=N–C) groups is 1. The van der Waals surface area contributed by atoms with Crippen molar-refractivity contribution < 1.29 is 0 Å². The molecule has 0 aromatic carbocycles. The summed E-state index contributed by atoms with van der Waals surface area (Å²) in [6.07, 6.45) is 8.00. The molecule has 6 nitrogen and oxygen atoms in total. The normalized spacial score (nSPS) is 11.9. The maximum absolute atomic E-state index is 4.64. The van der Waals surface area contributed by atoms with Crippen LogP contribution in [0.1, 0.15) is 26.6 Å². The summed E-state index contributed by atoms with van der Waals surface area (Å²) in [6.45, 7) is 10.6. The highest BCUT2D eigenvalue weighted by Gasteiger charge is 2.05. The minimum Gasteiger partial charge on any atom is -0.357 e. The fourth-order valence-corrected chi connectivity index (χ4v) is 2.37. The second-order valence-electron chi connectivity index (χ2n) is 5.93. The van der Waals surface area contributed by atoms with Crippen molar-refractivity contribution in [3.05, 3.63) is 42.7 Å². The van der Waals surface area contributed by atoms with Crippen molar-refractivity contribution >= 4 is 5.96 Å². The molecular formula is C17H28N6. The Morgan fingerprint density at radius 2 is 2.00 bits per heavy atom. The fraction of sp³-hybridized carbons (Fsp3) is 0.529. The van der Waals surface area contributed by atoms with Crippen LogP contribution in [-0.2, 0) is 19.6 Å². The number of nitrogens with zero attached hydrogens (tertiary/aromatic N) is 4. The first kappa shape index (κ1) is 17.1. The lowest BCUT2D eigenvalue weighted by Crippen LogP contribution is -2.38. The SMILES string of the molecule is CCNC(=NCc1nccn1CC(C)C)NCCn1cccc1. The van der Waals surface area contributed by atoms with Crippen LogP contribution >= 0.6 is 0 Å². The van der Waals surface area contributed by atoms with Gasteiger partial charge in [-0.1, -0.05) is 13.8 Å². The topological polar surface area (TPSA) is 59.2 Å². The van der Waals surface area contributed by atoms with E-state index >= 15 is 0 Å². The number of guanidine groups is 1. The smallest absolute Gasteiger partial charge is 0.191 e. The standard InChI is InChI=1S/C17H28N6/c1-4-18-17(20-7-11-22-9-5-6-10-22)21-13-16-19-8-12-23(16)14-15(2)3/h5-6,8-10,12,15H,4,7,11,13-14H2,1-3H3,(H2,18,20,21). The van der Waals surface area contributed by atoms with Crippen LogP contribution in [0.2, 0.25) is 0 Å². The molecule has 0 unspecified atom stereocenters. The number of aromatic nitrogens is 3. The van der Waals surface area contributed by atoms with E-state index in [-0.39, 0.29) is 0 Å². The first-order valence-corrected chi connectivity index (χ1v) is 8.32. The van der Waals surface area contributed by atoms with Gasteiger partial charge in [-0.05, 0) is 25.0 Å². The lowest BCUT2D eigenvalue weighted by atomic mass is 10.2. The van der Waals surface area contributed by atoms with Crippen LogP contribution in [0, 0.1) is 5.92 Å². The third-order valence-corrected chi connectivity index (χ3v) is 3.42. The highest BCUT2D eigenvalue weighted by Crippen LogP contribution is 2.04. The zero-order valence-corrected chi connectivity index (χ0v) is 14.4. The molecule has 2 heterocycles. The monoisotopic (exact) mass is 316 g/mol. The van der Waals surface area contributed by atoms with Gasteiger partial charge in [-0.2, -0.15) is 0 Å². The van der Waals surface area contributed by atoms with Gasteiger partial charge >= 0.3 is 0 Å². The molecule has 23 heavy (non-hydrogen) atoms. The second-order valence-corrected chi connectivity index (χ2v) is 5.93. The van der Waals surface area contributed by atoms with E-state index in [9.17, 15) is 0 Å². The van der Waals surface area contributed by atoms with Gasteiger partial charge in [-0.25, -0.2) is 9.98 Å². The van der Waals surface area contributed by atoms with Crippen molar-refractivity contribution in [3.8, 4) is 0 Å². The van der Waals surface area contributed by atoms with E-state index in [2.05, 4.69) is 62.9 Å². The first-order valence-electron chi connectivity index (χ1n) is 8.32. The summed E-state index contributed by atoms with van der Waals surface area (Å²) in [5.41, 5.74) is 0. The lowest BCUT2D eigenvalue weighted by Gasteiger charge is -2.12. The summed E-state index contributed by atoms with van der Waals surface area (Å²) in [7, 11) is 0. The van der Waals surface area contributed by atoms with Crippen LogP contribution in [0.3, 0.4) is 0 Å². The Hall–Kier alpha value is -2.24. The van der Waals surface area contributed by atoms with Gasteiger partial charge in [0.25, 0.3) is 0 Å². The Morgan fingerprint density at radius 1 is 1.22 bits per heavy atom. The molecule has 0 aliphatic carbocycles. The number of nitrogens with one attached hydrogen (secondary N) is 2. The number of hydrogen-bond donors (Lipinski definition) is 2. The summed E-state index contributed by atoms with van der Waals surface area (Å²) >= 11 is 0. The minimum atomic E-state index is 0.582. The molecule has 0 bridgehead atoms. The maximum atomic E-state index is 4.64. The molecule has 2 aromatic heterocycles. The Labute approximate surface area is 138 Å². The van der Waals surface area contributed by atoms with E-state index in [1.54, 1.807) is 0 Å². The highest BCUT2D eigenvalue weighted by atomic mass is 15.2. The van der Waals surface area contributed by atoms with Gasteiger partial charge in [0.1, 0.15) is 12.4 Å². The van der Waals surface area contributed by atoms with Gasteiger partial charge in [0, 0.05) is 51.0 Å². The Morgan fingerprint density at radius 3 is 2.70 bits per heavy atom. The van der Waals surface area contributed by atoms with E-state index in [1.165, 1.54) is 0 Å². The van der Waals surface area contributed by atoms with Crippen molar-refractivity contribution in [2.24, 2.45) is 10.9 Å². The predicted molar refractivity (Wildman–Crippen MR) is 94.3 cm³/mol. The van der Waals surface area contributed by atoms with Crippen molar-refractivity contribution in [1.82, 2.24) is 24.8 Å². The van der Waals surface area contributed by atoms with E-state index in [0.717, 1.165) is 38.0 Å². The van der Waals surface area contributed by atoms with Gasteiger partial charge in [0.15, 0.2) is 5.96 Å². The highest BCUT2D eigenvalue weighted by molar-refractivity contribution is 5.79. The number of hydrogen-bond acceptors (Lipinski definition) is 2. The summed E-state index contributed by atoms with van der Waals surface area (Å²) in [4.78, 5) is 9.06. The van der Waals surface area contributed by atoms with Gasteiger partial charge < -0.3 is 19.8 Å². The Kier molecular flexibility index (Phi) is 6.72. The van der Waals surface area contributed by atoms with Crippen molar-refractivity contribution in [3.63, 3.8) is 0 Å². The van der Waals surface area contributed by atoms with Crippen molar-refractivity contribution in [2.75, 3.05) is 13.1 Å². The summed E-state index contributed by atoms with van der Waals surface area (Å²) in [5, 5.41) is 6.64. The van der Waals surface area contributed by atoms with Crippen LogP contribution < -0.4 is 10.6 Å². The van der Waals surface area contributed by atoms with E-state index < -0.39 is 0 Å². The molecule has 0 amide bonds. The van der Waals surface area contributed by atoms with Gasteiger partial charge in [0.2, 0.25) is 0 Å². The molecule has 0 spiro atoms. The van der Waals surface area contributed by atoms with E-state index in [0.29, 0.717) is 12.5 Å². The Balaban J connectivity index is 1.89. The molecule has 126 valence electrons. The molecule has 0 aliphatic rings. The van der Waals surface area contributed by atoms with Crippen LogP contribution in [0.5, 0.6) is 0 Å². The molecule has 2 N–H and O–H groups in total. The quantitative estimate of drug-likeness (QED) is 0.579. The third-order valence-electron chi connectivity index (χ3n) is 3.42. The molecular weight excluding hydrogens is 288 g/mol. The molecule has 0 fully saturated rings. The Bertz CT molecular complexity index is 582. The first-order chi connectivity index (χ1) is 11.2. The van der Waals surface area contributed by atoms with Crippen molar-refractivity contribution in [2.45, 2.75) is 40.4 Å². The molecule has 0 aliphatic heterocycles. The molecule has 2 aromatic rings. The molecule has 6 heteroatoms. The average Bonchev–Trinajstić information content (AvgIpc) is 3.16. The molecule has 0 saturated heterocycles. The fourth-order valence-electron chi connectivity index (χ4n) is 2.37. The maximum Gasteiger partial charge on any atom is 0.191 e. The second kappa shape index (κ2) is 9.02. The van der Waals surface area contributed by atoms with E-state index in [4.69, 9.17) is 0 Å². The zero-order chi connectivity index (χ0) is 16.5. The lowest BCUT2D eigenvalue weighted by molar-refractivity contribution is 0.507. The summed E-state index contributed by atoms with van der Waals surface area (Å²) in [6, 6.07) is 4.07.